The first-order chi connectivity index (χ1) is 18.9. The molecule has 9 nitrogen and oxygen atoms in total. The molecule has 1 saturated carbocycles. The van der Waals surface area contributed by atoms with Crippen LogP contribution in [0.5, 0.6) is 0 Å². The fourth-order valence-electron chi connectivity index (χ4n) is 4.19. The van der Waals surface area contributed by atoms with Gasteiger partial charge in [0.25, 0.3) is 0 Å². The molecule has 218 valence electrons. The number of carbonyl (C=O) groups excluding carboxylic acids is 2. The molecule has 2 aromatic rings. The van der Waals surface area contributed by atoms with Crippen molar-refractivity contribution in [3.63, 3.8) is 0 Å². The van der Waals surface area contributed by atoms with Crippen LogP contribution in [0.3, 0.4) is 0 Å². The number of oxime groups is 1. The highest BCUT2D eigenvalue weighted by molar-refractivity contribution is 7.90. The minimum atomic E-state index is -2.94. The number of nitrogens with one attached hydrogen (secondary N) is 2. The summed E-state index contributed by atoms with van der Waals surface area (Å²) in [5, 5.41) is 6.72. The van der Waals surface area contributed by atoms with Gasteiger partial charge in [-0.05, 0) is 51.7 Å². The van der Waals surface area contributed by atoms with Gasteiger partial charge in [-0.3, -0.25) is 4.79 Å². The number of alkyl carbamates (subject to hydrolysis) is 1. The van der Waals surface area contributed by atoms with Crippen molar-refractivity contribution >= 4 is 27.6 Å². The number of hydrogen-bond donors (Lipinski definition) is 2. The Morgan fingerprint density at radius 3 is 1.88 bits per heavy atom. The third kappa shape index (κ3) is 8.63. The van der Waals surface area contributed by atoms with Crippen molar-refractivity contribution in [2.75, 3.05) is 6.61 Å². The normalized spacial score (nSPS) is 17.5. The van der Waals surface area contributed by atoms with Gasteiger partial charge in [-0.25, -0.2) is 17.9 Å². The lowest BCUT2D eigenvalue weighted by molar-refractivity contribution is -0.124. The first kappa shape index (κ1) is 31.3. The van der Waals surface area contributed by atoms with E-state index in [1.54, 1.807) is 0 Å². The van der Waals surface area contributed by atoms with E-state index in [1.165, 1.54) is 11.1 Å². The van der Waals surface area contributed by atoms with Crippen LogP contribution in [0.25, 0.3) is 11.1 Å². The minimum absolute atomic E-state index is 0.0330. The van der Waals surface area contributed by atoms with Gasteiger partial charge in [0, 0.05) is 29.5 Å². The van der Waals surface area contributed by atoms with Crippen LogP contribution in [0.15, 0.2) is 53.7 Å². The topological polar surface area (TPSA) is 123 Å². The predicted molar refractivity (Wildman–Crippen MR) is 157 cm³/mol. The van der Waals surface area contributed by atoms with Crippen molar-refractivity contribution in [1.29, 1.82) is 0 Å². The zero-order valence-corrected chi connectivity index (χ0v) is 25.0. The number of benzene rings is 2. The van der Waals surface area contributed by atoms with Crippen LogP contribution in [0.2, 0.25) is 0 Å². The predicted octanol–water partition coefficient (Wildman–Crippen LogP) is 5.03. The lowest BCUT2D eigenvalue weighted by atomic mass is 9.99. The average Bonchev–Trinajstić information content (AvgIpc) is 3.71. The summed E-state index contributed by atoms with van der Waals surface area (Å²) in [6.07, 6.45) is 1.87. The van der Waals surface area contributed by atoms with E-state index in [1.807, 2.05) is 53.7 Å². The highest BCUT2D eigenvalue weighted by Gasteiger charge is 2.35. The van der Waals surface area contributed by atoms with Gasteiger partial charge in [-0.2, -0.15) is 0 Å². The summed E-state index contributed by atoms with van der Waals surface area (Å²) in [6, 6.07) is 16.3. The number of hydrogen-bond acceptors (Lipinski definition) is 7. The van der Waals surface area contributed by atoms with E-state index >= 15 is 0 Å². The van der Waals surface area contributed by atoms with E-state index < -0.39 is 16.1 Å². The monoisotopic (exact) mass is 571 g/mol. The van der Waals surface area contributed by atoms with E-state index in [4.69, 9.17) is 4.84 Å². The van der Waals surface area contributed by atoms with Gasteiger partial charge in [0.15, 0.2) is 5.78 Å². The number of carbonyl (C=O) groups is 2. The Morgan fingerprint density at radius 2 is 1.45 bits per heavy atom. The van der Waals surface area contributed by atoms with Crippen molar-refractivity contribution in [1.82, 2.24) is 10.0 Å². The fraction of sp³-hybridized carbons (Fsp3) is 0.500. The average molecular weight is 572 g/mol. The second-order valence-corrected chi connectivity index (χ2v) is 12.9. The first-order valence-corrected chi connectivity index (χ1v) is 15.4. The second-order valence-electron chi connectivity index (χ2n) is 10.9. The second kappa shape index (κ2) is 13.9. The maximum atomic E-state index is 11.4. The van der Waals surface area contributed by atoms with Gasteiger partial charge in [-0.1, -0.05) is 67.5 Å². The number of nitrogens with zero attached hydrogens (tertiary/aromatic N) is 1. The molecule has 0 spiro atoms. The number of amides is 1. The van der Waals surface area contributed by atoms with Gasteiger partial charge in [0.05, 0.1) is 17.9 Å². The van der Waals surface area contributed by atoms with Gasteiger partial charge in [-0.15, -0.1) is 0 Å². The molecule has 0 radical (unpaired) electrons. The Hall–Kier alpha value is -3.24. The molecule has 0 unspecified atom stereocenters. The molecule has 1 atom stereocenters. The maximum absolute atomic E-state index is 11.4. The van der Waals surface area contributed by atoms with Crippen molar-refractivity contribution in [2.45, 2.75) is 84.2 Å². The van der Waals surface area contributed by atoms with Crippen LogP contribution in [-0.4, -0.2) is 56.1 Å². The lowest BCUT2D eigenvalue weighted by Crippen LogP contribution is -2.47. The van der Waals surface area contributed by atoms with Gasteiger partial charge in [0.2, 0.25) is 10.0 Å². The molecular formula is C30H41N3O6S. The zero-order valence-electron chi connectivity index (χ0n) is 24.1. The molecule has 3 aliphatic rings. The van der Waals surface area contributed by atoms with Crippen LogP contribution in [0.1, 0.15) is 71.9 Å². The number of rotatable bonds is 7. The van der Waals surface area contributed by atoms with E-state index in [2.05, 4.69) is 56.3 Å². The Balaban J connectivity index is 0.000000175. The number of fused-ring (bicyclic) bond motifs is 3. The summed E-state index contributed by atoms with van der Waals surface area (Å²) < 4.78 is 29.4. The maximum Gasteiger partial charge on any atom is 0.407 e. The quantitative estimate of drug-likeness (QED) is 0.384. The molecule has 1 heterocycles. The van der Waals surface area contributed by atoms with E-state index in [9.17, 15) is 18.0 Å². The summed E-state index contributed by atoms with van der Waals surface area (Å²) in [4.78, 5) is 27.5. The number of ketones is 1. The summed E-state index contributed by atoms with van der Waals surface area (Å²) in [5.74, 6) is 0.0417. The Kier molecular flexibility index (Phi) is 10.9. The third-order valence-corrected chi connectivity index (χ3v) is 8.37. The van der Waals surface area contributed by atoms with Crippen molar-refractivity contribution in [2.24, 2.45) is 11.1 Å². The highest BCUT2D eigenvalue weighted by atomic mass is 32.2. The first-order valence-electron chi connectivity index (χ1n) is 13.8. The Labute approximate surface area is 237 Å². The molecule has 1 aliphatic heterocycles. The van der Waals surface area contributed by atoms with Crippen LogP contribution in [0.4, 0.5) is 4.79 Å². The number of sulfonamides is 1. The molecule has 2 fully saturated rings. The van der Waals surface area contributed by atoms with Crippen molar-refractivity contribution in [3.05, 3.63) is 59.7 Å². The standard InChI is InChI=1S/C16H15NO.C8H13NO3.C6H13NO2S/c1-11(2)18-17-16-14-9-5-3-7-12(14)13-8-4-6-10-15(13)16;1-5(2)7(10)6-3-4-12-8(11)9-6;1-5(2)7-10(8,9)6-3-4-6/h3-11H,1-2H3;5-6H,3-4H2,1-2H3,(H,9,11);5-7H,3-4H2,1-2H3/t;6-;/m.0./s1. The van der Waals surface area contributed by atoms with Crippen LogP contribution in [-0.2, 0) is 24.4 Å². The van der Waals surface area contributed by atoms with Crippen LogP contribution < -0.4 is 10.0 Å². The molecule has 5 rings (SSSR count). The fourth-order valence-corrected chi connectivity index (χ4v) is 5.80. The highest BCUT2D eigenvalue weighted by Crippen LogP contribution is 2.36. The third-order valence-electron chi connectivity index (χ3n) is 6.22. The molecule has 0 bridgehead atoms. The summed E-state index contributed by atoms with van der Waals surface area (Å²) in [6.45, 7) is 11.6. The molecule has 1 saturated heterocycles. The SMILES string of the molecule is CC(C)C(=O)[C@@H]1CCOC(=O)N1.CC(C)NS(=O)(=O)C1CC1.CC(C)ON=C1c2ccccc2-c2ccccc21. The smallest absolute Gasteiger partial charge is 0.407 e. The lowest BCUT2D eigenvalue weighted by Gasteiger charge is -2.23. The number of ether oxygens (including phenoxy) is 1. The largest absolute Gasteiger partial charge is 0.449 e. The molecule has 0 aromatic heterocycles. The Morgan fingerprint density at radius 1 is 0.925 bits per heavy atom. The zero-order chi connectivity index (χ0) is 29.4. The van der Waals surface area contributed by atoms with Crippen molar-refractivity contribution in [3.8, 4) is 11.1 Å². The molecule has 2 aromatic carbocycles. The molecule has 2 N–H and O–H groups in total. The van der Waals surface area contributed by atoms with Crippen LogP contribution >= 0.6 is 0 Å². The van der Waals surface area contributed by atoms with E-state index in [0.29, 0.717) is 13.0 Å². The van der Waals surface area contributed by atoms with E-state index in [0.717, 1.165) is 29.7 Å². The van der Waals surface area contributed by atoms with E-state index in [-0.39, 0.29) is 35.1 Å². The molecular weight excluding hydrogens is 530 g/mol. The molecule has 1 amide bonds. The summed E-state index contributed by atoms with van der Waals surface area (Å²) in [5.41, 5.74) is 5.71. The Bertz CT molecular complexity index is 1270. The number of Topliss-reactive ketones (excluding diaryl/α,β-unsaturated/α-hetero) is 1. The van der Waals surface area contributed by atoms with Crippen LogP contribution in [0, 0.1) is 5.92 Å². The van der Waals surface area contributed by atoms with Gasteiger partial charge < -0.3 is 14.9 Å². The van der Waals surface area contributed by atoms with Gasteiger partial charge >= 0.3 is 6.09 Å². The summed E-state index contributed by atoms with van der Waals surface area (Å²) in [7, 11) is -2.94. The molecule has 40 heavy (non-hydrogen) atoms. The summed E-state index contributed by atoms with van der Waals surface area (Å²) >= 11 is 0. The minimum Gasteiger partial charge on any atom is -0.449 e. The number of cyclic esters (lactones) is 1. The van der Waals surface area contributed by atoms with Crippen molar-refractivity contribution < 1.29 is 27.6 Å². The molecule has 10 heteroatoms. The molecule has 2 aliphatic carbocycles. The van der Waals surface area contributed by atoms with Gasteiger partial charge in [0.1, 0.15) is 11.8 Å².